The Kier molecular flexibility index (Phi) is 2.59. The Labute approximate surface area is 124 Å². The number of fused-ring (bicyclic) bond motifs is 2. The van der Waals surface area contributed by atoms with Crippen LogP contribution in [-0.2, 0) is 10.2 Å². The average Bonchev–Trinajstić information content (AvgIpc) is 3.09. The molecule has 0 spiro atoms. The minimum atomic E-state index is 0.102. The maximum absolute atomic E-state index is 12.0. The number of hydrogen-bond donors (Lipinski definition) is 0. The zero-order chi connectivity index (χ0) is 14.4. The summed E-state index contributed by atoms with van der Waals surface area (Å²) < 4.78 is 0. The molecule has 1 saturated heterocycles. The maximum atomic E-state index is 12.0. The van der Waals surface area contributed by atoms with Gasteiger partial charge in [-0.25, -0.2) is 0 Å². The monoisotopic (exact) mass is 275 g/mol. The topological polar surface area (TPSA) is 20.3 Å². The number of carbonyl (C=O) groups excluding carboxylic acids is 1. The van der Waals surface area contributed by atoms with Gasteiger partial charge in [0.2, 0.25) is 5.91 Å². The van der Waals surface area contributed by atoms with Crippen LogP contribution in [0.4, 0.5) is 0 Å². The predicted octanol–water partition coefficient (Wildman–Crippen LogP) is 2.96. The maximum Gasteiger partial charge on any atom is 0.234 e. The van der Waals surface area contributed by atoms with Crippen molar-refractivity contribution in [3.63, 3.8) is 0 Å². The van der Waals surface area contributed by atoms with Gasteiger partial charge in [0, 0.05) is 18.5 Å². The fourth-order valence-electron chi connectivity index (χ4n) is 3.82. The van der Waals surface area contributed by atoms with E-state index in [0.29, 0.717) is 5.92 Å². The van der Waals surface area contributed by atoms with Gasteiger partial charge in [0.15, 0.2) is 0 Å². The van der Waals surface area contributed by atoms with E-state index in [4.69, 9.17) is 6.42 Å². The van der Waals surface area contributed by atoms with Crippen LogP contribution in [-0.4, -0.2) is 23.9 Å². The van der Waals surface area contributed by atoms with Crippen LogP contribution >= 0.6 is 0 Å². The van der Waals surface area contributed by atoms with Crippen molar-refractivity contribution in [2.75, 3.05) is 13.1 Å². The van der Waals surface area contributed by atoms with Crippen LogP contribution < -0.4 is 0 Å². The van der Waals surface area contributed by atoms with E-state index in [1.165, 1.54) is 22.8 Å². The summed E-state index contributed by atoms with van der Waals surface area (Å²) in [5, 5.41) is 2.55. The van der Waals surface area contributed by atoms with E-state index in [-0.39, 0.29) is 17.7 Å². The van der Waals surface area contributed by atoms with E-state index in [1.807, 2.05) is 4.90 Å². The van der Waals surface area contributed by atoms with Crippen LogP contribution in [0.3, 0.4) is 0 Å². The van der Waals surface area contributed by atoms with Crippen molar-refractivity contribution in [1.29, 1.82) is 0 Å². The summed E-state index contributed by atoms with van der Waals surface area (Å²) in [7, 11) is 0. The number of nitrogens with zero attached hydrogens (tertiary/aromatic N) is 1. The highest BCUT2D eigenvalue weighted by atomic mass is 16.2. The van der Waals surface area contributed by atoms with Gasteiger partial charge in [-0.15, -0.1) is 6.42 Å². The molecule has 1 aliphatic heterocycles. The Hall–Kier alpha value is -2.27. The smallest absolute Gasteiger partial charge is 0.234 e. The molecule has 2 fully saturated rings. The molecule has 4 rings (SSSR count). The lowest BCUT2D eigenvalue weighted by atomic mass is 9.93. The summed E-state index contributed by atoms with van der Waals surface area (Å²) >= 11 is 0. The summed E-state index contributed by atoms with van der Waals surface area (Å²) in [6.45, 7) is 1.70. The molecule has 2 heteroatoms. The summed E-state index contributed by atoms with van der Waals surface area (Å²) in [6, 6.07) is 15.2. The van der Waals surface area contributed by atoms with E-state index in [0.717, 1.165) is 13.1 Å². The third-order valence-electron chi connectivity index (χ3n) is 5.08. The van der Waals surface area contributed by atoms with Gasteiger partial charge in [-0.2, -0.15) is 0 Å². The molecule has 0 bridgehead atoms. The molecular formula is C19H17NO. The molecule has 2 atom stereocenters. The first-order valence-corrected chi connectivity index (χ1v) is 7.43. The van der Waals surface area contributed by atoms with Crippen LogP contribution in [0.25, 0.3) is 10.8 Å². The number of piperidine rings is 1. The van der Waals surface area contributed by atoms with Crippen LogP contribution in [0.15, 0.2) is 42.5 Å². The normalized spacial score (nSPS) is 26.4. The van der Waals surface area contributed by atoms with Crippen molar-refractivity contribution in [3.8, 4) is 12.3 Å². The Morgan fingerprint density at radius 3 is 2.90 bits per heavy atom. The number of benzene rings is 2. The molecule has 1 saturated carbocycles. The highest BCUT2D eigenvalue weighted by molar-refractivity contribution is 5.84. The Morgan fingerprint density at radius 1 is 1.29 bits per heavy atom. The first-order valence-electron chi connectivity index (χ1n) is 7.43. The highest BCUT2D eigenvalue weighted by Gasteiger charge is 2.61. The molecular weight excluding hydrogens is 258 g/mol. The van der Waals surface area contributed by atoms with Gasteiger partial charge in [0.25, 0.3) is 0 Å². The zero-order valence-corrected chi connectivity index (χ0v) is 11.9. The second kappa shape index (κ2) is 4.36. The van der Waals surface area contributed by atoms with Crippen LogP contribution in [0.2, 0.25) is 0 Å². The number of amides is 1. The Bertz CT molecular complexity index is 772. The molecule has 0 N–H and O–H groups in total. The van der Waals surface area contributed by atoms with Crippen LogP contribution in [0, 0.1) is 18.3 Å². The number of likely N-dealkylation sites (tertiary alicyclic amines) is 1. The number of hydrogen-bond acceptors (Lipinski definition) is 1. The van der Waals surface area contributed by atoms with Gasteiger partial charge in [0.05, 0.1) is 6.42 Å². The van der Waals surface area contributed by atoms with Crippen molar-refractivity contribution in [1.82, 2.24) is 4.90 Å². The molecule has 2 nitrogen and oxygen atoms in total. The number of terminal acetylenes is 1. The van der Waals surface area contributed by atoms with Crippen molar-refractivity contribution in [3.05, 3.63) is 48.0 Å². The Morgan fingerprint density at radius 2 is 2.10 bits per heavy atom. The summed E-state index contributed by atoms with van der Waals surface area (Å²) in [5.41, 5.74) is 1.57. The second-order valence-electron chi connectivity index (χ2n) is 6.27. The van der Waals surface area contributed by atoms with Gasteiger partial charge in [-0.1, -0.05) is 48.4 Å². The van der Waals surface area contributed by atoms with E-state index in [9.17, 15) is 4.79 Å². The van der Waals surface area contributed by atoms with E-state index >= 15 is 0 Å². The molecule has 2 aliphatic rings. The second-order valence-corrected chi connectivity index (χ2v) is 6.27. The fourth-order valence-corrected chi connectivity index (χ4v) is 3.82. The van der Waals surface area contributed by atoms with Crippen LogP contribution in [0.1, 0.15) is 18.4 Å². The van der Waals surface area contributed by atoms with Gasteiger partial charge in [-0.3, -0.25) is 4.79 Å². The lowest BCUT2D eigenvalue weighted by Gasteiger charge is -2.21. The van der Waals surface area contributed by atoms with Crippen molar-refractivity contribution in [2.45, 2.75) is 18.3 Å². The summed E-state index contributed by atoms with van der Waals surface area (Å²) in [4.78, 5) is 13.9. The Balaban J connectivity index is 1.64. The quantitative estimate of drug-likeness (QED) is 0.772. The summed E-state index contributed by atoms with van der Waals surface area (Å²) in [6.07, 6.45) is 6.67. The molecule has 1 heterocycles. The standard InChI is InChI=1S/C19H17NO/c1-2-5-18(21)20-12-17-11-19(17,13-20)16-9-8-14-6-3-4-7-15(14)10-16/h1,3-4,6-10,17H,5,11-13H2/t17-,19+/m1/s1. The molecule has 0 unspecified atom stereocenters. The van der Waals surface area contributed by atoms with Crippen LogP contribution in [0.5, 0.6) is 0 Å². The van der Waals surface area contributed by atoms with Gasteiger partial charge in [-0.05, 0) is 28.7 Å². The highest BCUT2D eigenvalue weighted by Crippen LogP contribution is 2.59. The SMILES string of the molecule is C#CCC(=O)N1C[C@H]2C[C@@]2(c2ccc3ccccc3c2)C1. The van der Waals surface area contributed by atoms with E-state index < -0.39 is 0 Å². The molecule has 104 valence electrons. The van der Waals surface area contributed by atoms with Crippen molar-refractivity contribution >= 4 is 16.7 Å². The number of rotatable bonds is 2. The lowest BCUT2D eigenvalue weighted by molar-refractivity contribution is -0.129. The zero-order valence-electron chi connectivity index (χ0n) is 11.9. The van der Waals surface area contributed by atoms with E-state index in [2.05, 4.69) is 48.4 Å². The van der Waals surface area contributed by atoms with E-state index in [1.54, 1.807) is 0 Å². The first-order chi connectivity index (χ1) is 10.2. The lowest BCUT2D eigenvalue weighted by Crippen LogP contribution is -2.32. The molecule has 2 aromatic carbocycles. The molecule has 0 radical (unpaired) electrons. The molecule has 1 aliphatic carbocycles. The van der Waals surface area contributed by atoms with Gasteiger partial charge in [0.1, 0.15) is 0 Å². The van der Waals surface area contributed by atoms with Crippen molar-refractivity contribution < 1.29 is 4.79 Å². The van der Waals surface area contributed by atoms with Crippen molar-refractivity contribution in [2.24, 2.45) is 5.92 Å². The third-order valence-corrected chi connectivity index (χ3v) is 5.08. The fraction of sp³-hybridized carbons (Fsp3) is 0.316. The predicted molar refractivity (Wildman–Crippen MR) is 83.8 cm³/mol. The van der Waals surface area contributed by atoms with Gasteiger partial charge >= 0.3 is 0 Å². The first kappa shape index (κ1) is 12.5. The molecule has 21 heavy (non-hydrogen) atoms. The largest absolute Gasteiger partial charge is 0.341 e. The minimum Gasteiger partial charge on any atom is -0.341 e. The third kappa shape index (κ3) is 1.85. The molecule has 0 aromatic heterocycles. The average molecular weight is 275 g/mol. The summed E-state index contributed by atoms with van der Waals surface area (Å²) in [5.74, 6) is 3.17. The minimum absolute atomic E-state index is 0.102. The molecule has 1 amide bonds. The van der Waals surface area contributed by atoms with Gasteiger partial charge < -0.3 is 4.90 Å². The molecule has 2 aromatic rings. The number of carbonyl (C=O) groups is 1.